The molecule has 3 aromatic rings. The van der Waals surface area contributed by atoms with E-state index in [-0.39, 0.29) is 12.7 Å². The van der Waals surface area contributed by atoms with E-state index in [1.807, 2.05) is 13.0 Å². The lowest BCUT2D eigenvalue weighted by molar-refractivity contribution is -0.139. The summed E-state index contributed by atoms with van der Waals surface area (Å²) in [6, 6.07) is 22.6. The van der Waals surface area contributed by atoms with Gasteiger partial charge in [-0.05, 0) is 90.3 Å². The molecule has 3 aromatic carbocycles. The zero-order valence-electron chi connectivity index (χ0n) is 21.9. The molecule has 1 saturated heterocycles. The summed E-state index contributed by atoms with van der Waals surface area (Å²) in [7, 11) is 0. The highest BCUT2D eigenvalue weighted by atomic mass is 32.2. The predicted octanol–water partition coefficient (Wildman–Crippen LogP) is 5.65. The molecule has 0 radical (unpaired) electrons. The largest absolute Gasteiger partial charge is 0.489 e. The van der Waals surface area contributed by atoms with Crippen molar-refractivity contribution in [1.29, 1.82) is 0 Å². The molecule has 2 N–H and O–H groups in total. The van der Waals surface area contributed by atoms with Gasteiger partial charge in [-0.2, -0.15) is 0 Å². The molecule has 0 aromatic heterocycles. The average Bonchev–Trinajstić information content (AvgIpc) is 2.92. The number of ether oxygens (including phenoxy) is 2. The number of thioether (sulfide) groups is 1. The fourth-order valence-electron chi connectivity index (χ4n) is 4.53. The van der Waals surface area contributed by atoms with Gasteiger partial charge in [-0.25, -0.2) is 4.79 Å². The molecular weight excluding hydrogens is 498 g/mol. The summed E-state index contributed by atoms with van der Waals surface area (Å²) < 4.78 is 11.3. The lowest BCUT2D eigenvalue weighted by Crippen LogP contribution is -2.35. The van der Waals surface area contributed by atoms with Gasteiger partial charge in [0.1, 0.15) is 18.1 Å². The van der Waals surface area contributed by atoms with E-state index in [1.54, 1.807) is 23.9 Å². The zero-order valence-corrected chi connectivity index (χ0v) is 22.7. The van der Waals surface area contributed by atoms with Crippen molar-refractivity contribution in [3.05, 3.63) is 95.1 Å². The van der Waals surface area contributed by atoms with Crippen LogP contribution < -0.4 is 9.47 Å². The monoisotopic (exact) mass is 533 g/mol. The van der Waals surface area contributed by atoms with Crippen LogP contribution in [0.15, 0.2) is 77.7 Å². The molecule has 4 rings (SSSR count). The van der Waals surface area contributed by atoms with Gasteiger partial charge in [-0.1, -0.05) is 36.4 Å². The Bertz CT molecular complexity index is 1230. The maximum absolute atomic E-state index is 10.8. The number of aliphatic hydroxyl groups excluding tert-OH is 1. The Labute approximate surface area is 228 Å². The molecule has 0 amide bonds. The first-order valence-corrected chi connectivity index (χ1v) is 14.1. The first-order valence-electron chi connectivity index (χ1n) is 12.8. The van der Waals surface area contributed by atoms with Gasteiger partial charge in [0.25, 0.3) is 0 Å². The molecule has 7 heteroatoms. The summed E-state index contributed by atoms with van der Waals surface area (Å²) in [6.07, 6.45) is 5.69. The van der Waals surface area contributed by atoms with Gasteiger partial charge < -0.3 is 19.7 Å². The van der Waals surface area contributed by atoms with Crippen LogP contribution in [0.2, 0.25) is 0 Å². The van der Waals surface area contributed by atoms with Crippen molar-refractivity contribution < 1.29 is 24.5 Å². The second kappa shape index (κ2) is 13.5. The number of likely N-dealkylation sites (tertiary alicyclic amines) is 1. The zero-order chi connectivity index (χ0) is 26.9. The number of aryl methyl sites for hydroxylation is 1. The van der Waals surface area contributed by atoms with Crippen LogP contribution in [0.25, 0.3) is 5.57 Å². The first kappa shape index (κ1) is 27.8. The molecule has 1 aliphatic rings. The predicted molar refractivity (Wildman–Crippen MR) is 152 cm³/mol. The molecule has 0 aliphatic carbocycles. The Morgan fingerprint density at radius 2 is 1.66 bits per heavy atom. The van der Waals surface area contributed by atoms with E-state index in [0.29, 0.717) is 18.1 Å². The van der Waals surface area contributed by atoms with Crippen LogP contribution >= 0.6 is 11.8 Å². The van der Waals surface area contributed by atoms with E-state index in [4.69, 9.17) is 14.6 Å². The maximum Gasteiger partial charge on any atom is 0.341 e. The number of piperidine rings is 1. The average molecular weight is 534 g/mol. The number of hydrogen-bond acceptors (Lipinski definition) is 6. The fourth-order valence-corrected chi connectivity index (χ4v) is 4.94. The molecule has 0 saturated carbocycles. The van der Waals surface area contributed by atoms with Crippen molar-refractivity contribution in [2.75, 3.05) is 32.6 Å². The number of carbonyl (C=O) groups is 1. The number of aliphatic hydroxyl groups is 1. The van der Waals surface area contributed by atoms with E-state index < -0.39 is 5.97 Å². The van der Waals surface area contributed by atoms with Gasteiger partial charge in [0, 0.05) is 24.5 Å². The van der Waals surface area contributed by atoms with Crippen LogP contribution in [0.4, 0.5) is 0 Å². The molecule has 0 spiro atoms. The lowest BCUT2D eigenvalue weighted by Gasteiger charge is -2.29. The third-order valence-electron chi connectivity index (χ3n) is 6.66. The number of carboxylic acid groups (broad SMARTS) is 1. The molecule has 1 aliphatic heterocycles. The molecule has 1 heterocycles. The van der Waals surface area contributed by atoms with Crippen molar-refractivity contribution in [3.63, 3.8) is 0 Å². The van der Waals surface area contributed by atoms with Crippen LogP contribution in [0, 0.1) is 6.92 Å². The van der Waals surface area contributed by atoms with Crippen molar-refractivity contribution >= 4 is 23.3 Å². The Morgan fingerprint density at radius 1 is 1.00 bits per heavy atom. The Hall–Kier alpha value is -3.26. The normalized spacial score (nSPS) is 14.9. The number of benzene rings is 3. The Balaban J connectivity index is 1.48. The maximum atomic E-state index is 10.8. The van der Waals surface area contributed by atoms with Crippen molar-refractivity contribution in [2.24, 2.45) is 0 Å². The fraction of sp³-hybridized carbons (Fsp3) is 0.323. The van der Waals surface area contributed by atoms with Crippen LogP contribution in [0.1, 0.15) is 35.1 Å². The molecule has 0 atom stereocenters. The van der Waals surface area contributed by atoms with Gasteiger partial charge in [-0.3, -0.25) is 4.90 Å². The van der Waals surface area contributed by atoms with Crippen molar-refractivity contribution in [1.82, 2.24) is 4.90 Å². The van der Waals surface area contributed by atoms with Crippen molar-refractivity contribution in [2.45, 2.75) is 37.3 Å². The Morgan fingerprint density at radius 3 is 2.26 bits per heavy atom. The lowest BCUT2D eigenvalue weighted by atomic mass is 9.96. The second-order valence-corrected chi connectivity index (χ2v) is 10.4. The van der Waals surface area contributed by atoms with Crippen LogP contribution in [0.3, 0.4) is 0 Å². The second-order valence-electron chi connectivity index (χ2n) is 9.47. The Kier molecular flexibility index (Phi) is 9.87. The highest BCUT2D eigenvalue weighted by molar-refractivity contribution is 7.98. The first-order chi connectivity index (χ1) is 18.4. The molecule has 38 heavy (non-hydrogen) atoms. The third kappa shape index (κ3) is 7.87. The van der Waals surface area contributed by atoms with Crippen LogP contribution in [-0.4, -0.2) is 59.7 Å². The number of carboxylic acids is 1. The highest BCUT2D eigenvalue weighted by Gasteiger charge is 2.17. The summed E-state index contributed by atoms with van der Waals surface area (Å²) in [4.78, 5) is 14.4. The highest BCUT2D eigenvalue weighted by Crippen LogP contribution is 2.28. The van der Waals surface area contributed by atoms with Gasteiger partial charge in [0.15, 0.2) is 6.61 Å². The minimum absolute atomic E-state index is 0.159. The summed E-state index contributed by atoms with van der Waals surface area (Å²) in [5, 5.41) is 18.6. The summed E-state index contributed by atoms with van der Waals surface area (Å²) >= 11 is 1.72. The summed E-state index contributed by atoms with van der Waals surface area (Å²) in [5.74, 6) is 0.221. The topological polar surface area (TPSA) is 79.2 Å². The van der Waals surface area contributed by atoms with E-state index in [9.17, 15) is 9.90 Å². The minimum Gasteiger partial charge on any atom is -0.489 e. The molecule has 200 valence electrons. The smallest absolute Gasteiger partial charge is 0.341 e. The van der Waals surface area contributed by atoms with Crippen molar-refractivity contribution in [3.8, 4) is 11.5 Å². The molecule has 0 unspecified atom stereocenters. The number of hydrogen-bond donors (Lipinski definition) is 2. The quantitative estimate of drug-likeness (QED) is 0.309. The number of rotatable bonds is 11. The summed E-state index contributed by atoms with van der Waals surface area (Å²) in [5.41, 5.74) is 5.43. The van der Waals surface area contributed by atoms with Crippen LogP contribution in [0.5, 0.6) is 11.5 Å². The van der Waals surface area contributed by atoms with E-state index in [0.717, 1.165) is 54.7 Å². The van der Waals surface area contributed by atoms with E-state index in [1.165, 1.54) is 10.5 Å². The SMILES string of the molecule is CSc1ccc(/C(=C/COc2ccc(OCC(=O)O)c(C)c2)c2ccc(CN3CCC(O)CC3)cc2)cc1. The third-order valence-corrected chi connectivity index (χ3v) is 7.41. The molecular formula is C31H35NO5S. The van der Waals surface area contributed by atoms with Crippen LogP contribution in [-0.2, 0) is 11.3 Å². The molecule has 0 bridgehead atoms. The number of aliphatic carboxylic acids is 1. The standard InChI is InChI=1S/C31H35NO5S/c1-22-19-27(9-12-30(22)37-21-31(34)35)36-18-15-29(25-7-10-28(38-2)11-8-25)24-5-3-23(4-6-24)20-32-16-13-26(33)14-17-32/h3-12,15,19,26,33H,13-14,16-18,20-21H2,1-2H3,(H,34,35)/b29-15+. The van der Waals surface area contributed by atoms with Gasteiger partial charge in [-0.15, -0.1) is 11.8 Å². The minimum atomic E-state index is -1.01. The molecule has 1 fully saturated rings. The summed E-state index contributed by atoms with van der Waals surface area (Å²) in [6.45, 7) is 4.63. The van der Waals surface area contributed by atoms with E-state index in [2.05, 4.69) is 65.8 Å². The van der Waals surface area contributed by atoms with E-state index >= 15 is 0 Å². The van der Waals surface area contributed by atoms with Gasteiger partial charge in [0.2, 0.25) is 0 Å². The van der Waals surface area contributed by atoms with Gasteiger partial charge in [0.05, 0.1) is 6.10 Å². The van der Waals surface area contributed by atoms with Gasteiger partial charge >= 0.3 is 5.97 Å². The number of nitrogens with zero attached hydrogens (tertiary/aromatic N) is 1. The molecule has 6 nitrogen and oxygen atoms in total.